The first-order valence-electron chi connectivity index (χ1n) is 13.9. The van der Waals surface area contributed by atoms with Gasteiger partial charge in [-0.1, -0.05) is 5.21 Å². The Labute approximate surface area is 252 Å². The number of aromatic amines is 1. The lowest BCUT2D eigenvalue weighted by atomic mass is 9.73. The molecule has 0 saturated carbocycles. The first kappa shape index (κ1) is 29.8. The first-order valence-corrected chi connectivity index (χ1v) is 15.6. The Morgan fingerprint density at radius 3 is 2.52 bits per heavy atom. The fourth-order valence-electron chi connectivity index (χ4n) is 5.93. The molecule has 3 aromatic heterocycles. The van der Waals surface area contributed by atoms with Crippen molar-refractivity contribution in [1.82, 2.24) is 40.6 Å². The minimum atomic E-state index is -0.927. The van der Waals surface area contributed by atoms with E-state index in [9.17, 15) is 19.6 Å². The summed E-state index contributed by atoms with van der Waals surface area (Å²) in [6.07, 6.45) is 3.36. The molecule has 1 aliphatic carbocycles. The molecule has 0 radical (unpaired) electrons. The average molecular weight is 610 g/mol. The summed E-state index contributed by atoms with van der Waals surface area (Å²) >= 11 is 2.90. The van der Waals surface area contributed by atoms with Gasteiger partial charge < -0.3 is 20.0 Å². The summed E-state index contributed by atoms with van der Waals surface area (Å²) in [5.74, 6) is 0.174. The number of thiophene rings is 2. The highest BCUT2D eigenvalue weighted by Gasteiger charge is 2.48. The van der Waals surface area contributed by atoms with E-state index in [0.29, 0.717) is 47.8 Å². The molecule has 42 heavy (non-hydrogen) atoms. The second-order valence-electron chi connectivity index (χ2n) is 11.3. The summed E-state index contributed by atoms with van der Waals surface area (Å²) in [7, 11) is 6.93. The van der Waals surface area contributed by atoms with Gasteiger partial charge in [0.05, 0.1) is 27.8 Å². The van der Waals surface area contributed by atoms with Crippen LogP contribution in [0, 0.1) is 11.3 Å². The van der Waals surface area contributed by atoms with Crippen LogP contribution in [-0.4, -0.2) is 106 Å². The highest BCUT2D eigenvalue weighted by atomic mass is 32.1. The molecular weight excluding hydrogens is 575 g/mol. The van der Waals surface area contributed by atoms with Gasteiger partial charge in [0.2, 0.25) is 5.91 Å². The summed E-state index contributed by atoms with van der Waals surface area (Å²) in [5.41, 5.74) is 1.03. The summed E-state index contributed by atoms with van der Waals surface area (Å²) in [4.78, 5) is 47.3. The van der Waals surface area contributed by atoms with Crippen molar-refractivity contribution in [2.45, 2.75) is 56.5 Å². The van der Waals surface area contributed by atoms with Crippen molar-refractivity contribution in [3.05, 3.63) is 48.6 Å². The Morgan fingerprint density at radius 2 is 1.88 bits per heavy atom. The molecule has 0 aromatic carbocycles. The number of carbonyl (C=O) groups excluding carboxylic acids is 3. The van der Waals surface area contributed by atoms with Crippen molar-refractivity contribution in [2.75, 3.05) is 41.3 Å². The van der Waals surface area contributed by atoms with Crippen molar-refractivity contribution < 1.29 is 14.4 Å². The van der Waals surface area contributed by atoms with Crippen LogP contribution in [0.5, 0.6) is 0 Å². The second-order valence-corrected chi connectivity index (χ2v) is 13.5. The molecule has 222 valence electrons. The van der Waals surface area contributed by atoms with Gasteiger partial charge in [-0.25, -0.2) is 0 Å². The number of nitrogens with one attached hydrogen (secondary N) is 2. The van der Waals surface area contributed by atoms with Crippen LogP contribution in [0.4, 0.5) is 0 Å². The molecule has 12 nitrogen and oxygen atoms in total. The van der Waals surface area contributed by atoms with Gasteiger partial charge in [-0.15, -0.1) is 32.9 Å². The van der Waals surface area contributed by atoms with Gasteiger partial charge in [0, 0.05) is 50.5 Å². The summed E-state index contributed by atoms with van der Waals surface area (Å²) < 4.78 is 0. The molecule has 3 atom stereocenters. The van der Waals surface area contributed by atoms with Crippen LogP contribution in [0.3, 0.4) is 0 Å². The number of H-pyrrole nitrogens is 1. The molecule has 0 spiro atoms. The fourth-order valence-corrected chi connectivity index (χ4v) is 8.63. The van der Waals surface area contributed by atoms with Gasteiger partial charge in [0.15, 0.2) is 5.82 Å². The van der Waals surface area contributed by atoms with E-state index >= 15 is 0 Å². The quantitative estimate of drug-likeness (QED) is 0.394. The Morgan fingerprint density at radius 1 is 1.17 bits per heavy atom. The zero-order valence-corrected chi connectivity index (χ0v) is 26.1. The summed E-state index contributed by atoms with van der Waals surface area (Å²) in [5, 5.41) is 28.4. The monoisotopic (exact) mass is 609 g/mol. The number of hydrogen-bond donors (Lipinski definition) is 2. The maximum absolute atomic E-state index is 13.1. The molecule has 2 N–H and O–H groups in total. The topological polar surface area (TPSA) is 151 Å². The molecule has 2 aliphatic rings. The number of amides is 3. The lowest BCUT2D eigenvalue weighted by molar-refractivity contribution is -0.130. The van der Waals surface area contributed by atoms with Crippen molar-refractivity contribution in [2.24, 2.45) is 0 Å². The zero-order chi connectivity index (χ0) is 30.2. The van der Waals surface area contributed by atoms with Gasteiger partial charge >= 0.3 is 0 Å². The molecule has 4 heterocycles. The molecule has 3 aromatic rings. The third-order valence-corrected chi connectivity index (χ3v) is 10.5. The number of likely N-dealkylation sites (tertiary alicyclic amines) is 1. The predicted molar refractivity (Wildman–Crippen MR) is 159 cm³/mol. The fraction of sp³-hybridized carbons (Fsp3) is 0.536. The maximum atomic E-state index is 13.1. The normalized spacial score (nSPS) is 20.3. The van der Waals surface area contributed by atoms with E-state index in [0.717, 1.165) is 27.3 Å². The van der Waals surface area contributed by atoms with Crippen LogP contribution in [0.2, 0.25) is 0 Å². The van der Waals surface area contributed by atoms with Crippen LogP contribution in [0.25, 0.3) is 0 Å². The summed E-state index contributed by atoms with van der Waals surface area (Å²) in [6, 6.07) is 5.55. The number of nitrogens with zero attached hydrogens (tertiary/aromatic N) is 7. The van der Waals surface area contributed by atoms with E-state index in [1.54, 1.807) is 42.9 Å². The molecule has 0 bridgehead atoms. The number of aromatic nitrogens is 4. The van der Waals surface area contributed by atoms with Gasteiger partial charge in [-0.05, 0) is 62.3 Å². The highest BCUT2D eigenvalue weighted by molar-refractivity contribution is 7.15. The molecule has 3 amide bonds. The average Bonchev–Trinajstić information content (AvgIpc) is 3.78. The van der Waals surface area contributed by atoms with Crippen LogP contribution >= 0.6 is 22.7 Å². The lowest BCUT2D eigenvalue weighted by Crippen LogP contribution is -2.45. The molecule has 1 aliphatic heterocycles. The minimum absolute atomic E-state index is 0.0839. The van der Waals surface area contributed by atoms with Gasteiger partial charge in [0.1, 0.15) is 6.04 Å². The molecular formula is C28H35N9O3S2. The number of fused-ring (bicyclic) bond motifs is 2. The van der Waals surface area contributed by atoms with Crippen molar-refractivity contribution in [3.63, 3.8) is 0 Å². The smallest absolute Gasteiger partial charge is 0.263 e. The Bertz CT molecular complexity index is 1450. The Hall–Kier alpha value is -3.67. The van der Waals surface area contributed by atoms with E-state index in [1.807, 2.05) is 19.1 Å². The van der Waals surface area contributed by atoms with E-state index in [4.69, 9.17) is 0 Å². The van der Waals surface area contributed by atoms with Crippen molar-refractivity contribution in [3.8, 4) is 6.07 Å². The third kappa shape index (κ3) is 5.32. The number of rotatable bonds is 8. The van der Waals surface area contributed by atoms with Gasteiger partial charge in [-0.2, -0.15) is 10.5 Å². The van der Waals surface area contributed by atoms with Gasteiger partial charge in [-0.3, -0.25) is 14.4 Å². The number of hydrogen-bond acceptors (Lipinski definition) is 10. The zero-order valence-electron chi connectivity index (χ0n) is 24.4. The third-order valence-electron chi connectivity index (χ3n) is 7.98. The van der Waals surface area contributed by atoms with Crippen molar-refractivity contribution in [1.29, 1.82) is 5.26 Å². The molecule has 5 rings (SSSR count). The van der Waals surface area contributed by atoms with Crippen LogP contribution in [0.15, 0.2) is 12.1 Å². The standard InChI is InChI=1S/C28H35N9O3S2/c1-16(30-15-23(38)37-10-6-7-18(37)14-29)13-28(27-31-33-34-32-27)19-12-22(26(40)36(4)5)41-20(19)9-8-17-11-21(42-24(17)28)25(39)35(2)3/h11-12,16,18,30H,6-10,13,15H2,1-5H3,(H,31,32,33,34)/t16-,18+,28?/m1/s1. The van der Waals surface area contributed by atoms with Crippen LogP contribution in [0.1, 0.15) is 72.2 Å². The lowest BCUT2D eigenvalue weighted by Gasteiger charge is -2.33. The minimum Gasteiger partial charge on any atom is -0.344 e. The highest BCUT2D eigenvalue weighted by Crippen LogP contribution is 2.51. The first-order chi connectivity index (χ1) is 20.1. The number of aryl methyl sites for hydroxylation is 2. The summed E-state index contributed by atoms with van der Waals surface area (Å²) in [6.45, 7) is 2.68. The van der Waals surface area contributed by atoms with E-state index in [2.05, 4.69) is 32.0 Å². The van der Waals surface area contributed by atoms with Crippen LogP contribution < -0.4 is 5.32 Å². The largest absolute Gasteiger partial charge is 0.344 e. The van der Waals surface area contributed by atoms with Crippen molar-refractivity contribution >= 4 is 40.4 Å². The molecule has 1 saturated heterocycles. The van der Waals surface area contributed by atoms with Gasteiger partial charge in [0.25, 0.3) is 11.8 Å². The Kier molecular flexibility index (Phi) is 8.45. The second kappa shape index (κ2) is 11.9. The SMILES string of the molecule is C[C@H](CC1(c2nn[nH]n2)c2cc(C(=O)N(C)C)sc2CCc2cc(C(=O)N(C)C)sc21)NCC(=O)N1CCC[C@H]1C#N. The maximum Gasteiger partial charge on any atom is 0.263 e. The number of tetrazole rings is 1. The molecule has 1 unspecified atom stereocenters. The number of nitriles is 1. The number of carbonyl (C=O) groups is 3. The molecule has 1 fully saturated rings. The van der Waals surface area contributed by atoms with E-state index in [-0.39, 0.29) is 36.3 Å². The van der Waals surface area contributed by atoms with E-state index < -0.39 is 5.41 Å². The van der Waals surface area contributed by atoms with E-state index in [1.165, 1.54) is 22.7 Å². The predicted octanol–water partition coefficient (Wildman–Crippen LogP) is 2.04. The Balaban J connectivity index is 1.59. The van der Waals surface area contributed by atoms with Crippen LogP contribution in [-0.2, 0) is 23.1 Å². The molecule has 14 heteroatoms.